The third-order valence-corrected chi connectivity index (χ3v) is 5.44. The first kappa shape index (κ1) is 25.9. The SMILES string of the molecule is CCCCC(CC)CN=C(NCC)NCC(C)N1CCN(CC)CC1.I. The summed E-state index contributed by atoms with van der Waals surface area (Å²) in [5.74, 6) is 1.70. The molecule has 0 amide bonds. The number of unbranched alkanes of at least 4 members (excludes halogenated alkanes) is 1. The van der Waals surface area contributed by atoms with Gasteiger partial charge in [0.1, 0.15) is 0 Å². The first-order valence-electron chi connectivity index (χ1n) is 10.6. The van der Waals surface area contributed by atoms with Crippen molar-refractivity contribution in [2.75, 3.05) is 52.4 Å². The van der Waals surface area contributed by atoms with Crippen LogP contribution in [0.3, 0.4) is 0 Å². The average Bonchev–Trinajstić information content (AvgIpc) is 2.65. The zero-order valence-corrected chi connectivity index (χ0v) is 20.2. The first-order valence-corrected chi connectivity index (χ1v) is 10.6. The second kappa shape index (κ2) is 15.9. The van der Waals surface area contributed by atoms with Gasteiger partial charge in [-0.3, -0.25) is 9.89 Å². The topological polar surface area (TPSA) is 42.9 Å². The van der Waals surface area contributed by atoms with E-state index in [-0.39, 0.29) is 24.0 Å². The molecule has 0 radical (unpaired) electrons. The van der Waals surface area contributed by atoms with Crippen molar-refractivity contribution in [1.29, 1.82) is 0 Å². The number of hydrogen-bond acceptors (Lipinski definition) is 3. The van der Waals surface area contributed by atoms with Crippen LogP contribution in [0.25, 0.3) is 0 Å². The first-order chi connectivity index (χ1) is 12.1. The lowest BCUT2D eigenvalue weighted by atomic mass is 10.00. The highest BCUT2D eigenvalue weighted by molar-refractivity contribution is 14.0. The molecule has 0 saturated carbocycles. The summed E-state index contributed by atoms with van der Waals surface area (Å²) in [5, 5.41) is 6.97. The van der Waals surface area contributed by atoms with Crippen molar-refractivity contribution in [3.63, 3.8) is 0 Å². The Labute approximate surface area is 179 Å². The van der Waals surface area contributed by atoms with Crippen LogP contribution in [-0.2, 0) is 0 Å². The highest BCUT2D eigenvalue weighted by Gasteiger charge is 2.20. The fourth-order valence-electron chi connectivity index (χ4n) is 3.37. The average molecular weight is 482 g/mol. The van der Waals surface area contributed by atoms with E-state index in [1.165, 1.54) is 58.4 Å². The van der Waals surface area contributed by atoms with Crippen LogP contribution in [0.15, 0.2) is 4.99 Å². The van der Waals surface area contributed by atoms with Crippen molar-refractivity contribution in [3.05, 3.63) is 0 Å². The van der Waals surface area contributed by atoms with Crippen LogP contribution in [0.2, 0.25) is 0 Å². The molecule has 0 bridgehead atoms. The highest BCUT2D eigenvalue weighted by atomic mass is 127. The lowest BCUT2D eigenvalue weighted by Gasteiger charge is -2.37. The molecule has 5 nitrogen and oxygen atoms in total. The zero-order chi connectivity index (χ0) is 18.5. The number of hydrogen-bond donors (Lipinski definition) is 2. The second-order valence-electron chi connectivity index (χ2n) is 7.34. The number of rotatable bonds is 11. The molecule has 0 aromatic heterocycles. The normalized spacial score (nSPS) is 18.9. The molecule has 0 spiro atoms. The minimum atomic E-state index is 0. The van der Waals surface area contributed by atoms with Crippen molar-refractivity contribution in [3.8, 4) is 0 Å². The Bertz CT molecular complexity index is 356. The Morgan fingerprint density at radius 1 is 1.04 bits per heavy atom. The van der Waals surface area contributed by atoms with Gasteiger partial charge in [-0.25, -0.2) is 0 Å². The van der Waals surface area contributed by atoms with E-state index in [1.807, 2.05) is 0 Å². The van der Waals surface area contributed by atoms with Crippen LogP contribution in [-0.4, -0.2) is 74.2 Å². The molecule has 1 saturated heterocycles. The van der Waals surface area contributed by atoms with E-state index in [1.54, 1.807) is 0 Å². The minimum Gasteiger partial charge on any atom is -0.357 e. The van der Waals surface area contributed by atoms with E-state index in [0.717, 1.165) is 31.5 Å². The molecule has 0 aliphatic carbocycles. The Balaban J connectivity index is 0.00000625. The predicted molar refractivity (Wildman–Crippen MR) is 126 cm³/mol. The molecule has 6 heteroatoms. The summed E-state index contributed by atoms with van der Waals surface area (Å²) in [7, 11) is 0. The molecule has 0 aromatic carbocycles. The summed E-state index contributed by atoms with van der Waals surface area (Å²) in [5.41, 5.74) is 0. The van der Waals surface area contributed by atoms with E-state index in [9.17, 15) is 0 Å². The highest BCUT2D eigenvalue weighted by Crippen LogP contribution is 2.12. The molecule has 1 fully saturated rings. The quantitative estimate of drug-likeness (QED) is 0.270. The zero-order valence-electron chi connectivity index (χ0n) is 17.9. The van der Waals surface area contributed by atoms with E-state index in [2.05, 4.69) is 55.1 Å². The molecule has 1 aliphatic rings. The number of likely N-dealkylation sites (N-methyl/N-ethyl adjacent to an activating group) is 1. The minimum absolute atomic E-state index is 0. The molecule has 1 aliphatic heterocycles. The molecule has 156 valence electrons. The molecule has 1 heterocycles. The molecular weight excluding hydrogens is 437 g/mol. The van der Waals surface area contributed by atoms with Gasteiger partial charge in [-0.15, -0.1) is 24.0 Å². The molecular formula is C20H44IN5. The number of halogens is 1. The van der Waals surface area contributed by atoms with Gasteiger partial charge in [0.2, 0.25) is 0 Å². The summed E-state index contributed by atoms with van der Waals surface area (Å²) in [6.45, 7) is 20.0. The number of guanidine groups is 1. The molecule has 2 unspecified atom stereocenters. The van der Waals surface area contributed by atoms with Crippen molar-refractivity contribution in [1.82, 2.24) is 20.4 Å². The fourth-order valence-corrected chi connectivity index (χ4v) is 3.37. The van der Waals surface area contributed by atoms with Crippen LogP contribution in [0, 0.1) is 5.92 Å². The summed E-state index contributed by atoms with van der Waals surface area (Å²) in [6.07, 6.45) is 5.12. The van der Waals surface area contributed by atoms with Crippen LogP contribution >= 0.6 is 24.0 Å². The monoisotopic (exact) mass is 481 g/mol. The largest absolute Gasteiger partial charge is 0.357 e. The van der Waals surface area contributed by atoms with Gasteiger partial charge in [0.25, 0.3) is 0 Å². The third kappa shape index (κ3) is 10.3. The second-order valence-corrected chi connectivity index (χ2v) is 7.34. The van der Waals surface area contributed by atoms with Gasteiger partial charge in [0.05, 0.1) is 0 Å². The molecule has 0 aromatic rings. The molecule has 2 N–H and O–H groups in total. The van der Waals surface area contributed by atoms with Crippen molar-refractivity contribution < 1.29 is 0 Å². The van der Waals surface area contributed by atoms with E-state index < -0.39 is 0 Å². The number of nitrogens with one attached hydrogen (secondary N) is 2. The van der Waals surface area contributed by atoms with Crippen LogP contribution in [0.1, 0.15) is 60.3 Å². The lowest BCUT2D eigenvalue weighted by Crippen LogP contribution is -2.53. The van der Waals surface area contributed by atoms with Gasteiger partial charge in [0, 0.05) is 51.9 Å². The molecule has 26 heavy (non-hydrogen) atoms. The van der Waals surface area contributed by atoms with Crippen LogP contribution < -0.4 is 10.6 Å². The third-order valence-electron chi connectivity index (χ3n) is 5.44. The number of aliphatic imine (C=N–C) groups is 1. The van der Waals surface area contributed by atoms with Gasteiger partial charge in [-0.05, 0) is 32.7 Å². The predicted octanol–water partition coefficient (Wildman–Crippen LogP) is 3.40. The maximum absolute atomic E-state index is 4.85. The standard InChI is InChI=1S/C20H43N5.HI/c1-6-10-11-19(7-2)17-23-20(21-8-3)22-16-18(5)25-14-12-24(9-4)13-15-25;/h18-19H,6-17H2,1-5H3,(H2,21,22,23);1H. The van der Waals surface area contributed by atoms with Gasteiger partial charge < -0.3 is 15.5 Å². The Kier molecular flexibility index (Phi) is 15.9. The van der Waals surface area contributed by atoms with E-state index in [0.29, 0.717) is 6.04 Å². The summed E-state index contributed by atoms with van der Waals surface area (Å²) >= 11 is 0. The maximum atomic E-state index is 4.85. The van der Waals surface area contributed by atoms with Crippen LogP contribution in [0.5, 0.6) is 0 Å². The van der Waals surface area contributed by atoms with Crippen LogP contribution in [0.4, 0.5) is 0 Å². The van der Waals surface area contributed by atoms with E-state index in [4.69, 9.17) is 4.99 Å². The maximum Gasteiger partial charge on any atom is 0.191 e. The van der Waals surface area contributed by atoms with Gasteiger partial charge in [-0.2, -0.15) is 0 Å². The number of piperazine rings is 1. The summed E-state index contributed by atoms with van der Waals surface area (Å²) < 4.78 is 0. The Morgan fingerprint density at radius 3 is 2.27 bits per heavy atom. The van der Waals surface area contributed by atoms with Gasteiger partial charge in [0.15, 0.2) is 5.96 Å². The van der Waals surface area contributed by atoms with Gasteiger partial charge in [-0.1, -0.05) is 40.0 Å². The van der Waals surface area contributed by atoms with Crippen molar-refractivity contribution in [2.45, 2.75) is 66.3 Å². The van der Waals surface area contributed by atoms with Crippen molar-refractivity contribution >= 4 is 29.9 Å². The molecule has 1 rings (SSSR count). The fraction of sp³-hybridized carbons (Fsp3) is 0.950. The smallest absolute Gasteiger partial charge is 0.191 e. The van der Waals surface area contributed by atoms with Gasteiger partial charge >= 0.3 is 0 Å². The van der Waals surface area contributed by atoms with Crippen molar-refractivity contribution in [2.24, 2.45) is 10.9 Å². The summed E-state index contributed by atoms with van der Waals surface area (Å²) in [4.78, 5) is 9.97. The van der Waals surface area contributed by atoms with E-state index >= 15 is 0 Å². The lowest BCUT2D eigenvalue weighted by molar-refractivity contribution is 0.107. The Morgan fingerprint density at radius 2 is 1.73 bits per heavy atom. The number of nitrogens with zero attached hydrogens (tertiary/aromatic N) is 3. The Hall–Kier alpha value is -0.0800. The summed E-state index contributed by atoms with van der Waals surface area (Å²) in [6, 6.07) is 0.546. The molecule has 2 atom stereocenters.